The number of hydrogen-bond acceptors (Lipinski definition) is 3. The molecule has 0 bridgehead atoms. The van der Waals surface area contributed by atoms with E-state index in [2.05, 4.69) is 9.97 Å². The lowest BCUT2D eigenvalue weighted by Crippen LogP contribution is -1.92. The van der Waals surface area contributed by atoms with E-state index >= 15 is 0 Å². The van der Waals surface area contributed by atoms with Crippen LogP contribution in [-0.2, 0) is 7.05 Å². The van der Waals surface area contributed by atoms with E-state index in [1.165, 1.54) is 0 Å². The maximum atomic E-state index is 6.12. The van der Waals surface area contributed by atoms with Crippen molar-refractivity contribution in [2.45, 2.75) is 0 Å². The molecule has 0 aliphatic heterocycles. The van der Waals surface area contributed by atoms with Gasteiger partial charge >= 0.3 is 0 Å². The van der Waals surface area contributed by atoms with E-state index in [9.17, 15) is 0 Å². The summed E-state index contributed by atoms with van der Waals surface area (Å²) < 4.78 is 10.1. The Hall–Kier alpha value is -3.86. The van der Waals surface area contributed by atoms with Crippen LogP contribution in [0.3, 0.4) is 0 Å². The lowest BCUT2D eigenvalue weighted by atomic mass is 10.1. The van der Waals surface area contributed by atoms with Crippen molar-refractivity contribution in [1.82, 2.24) is 18.9 Å². The van der Waals surface area contributed by atoms with Crippen LogP contribution >= 0.6 is 0 Å². The molecule has 0 atom stereocenters. The second kappa shape index (κ2) is 6.70. The van der Waals surface area contributed by atoms with E-state index in [-0.39, 0.29) is 0 Å². The zero-order chi connectivity index (χ0) is 18.9. The lowest BCUT2D eigenvalue weighted by molar-refractivity contribution is 0.483. The first-order valence-corrected chi connectivity index (χ1v) is 9.06. The summed E-state index contributed by atoms with van der Waals surface area (Å²) in [5.41, 5.74) is 3.87. The maximum absolute atomic E-state index is 6.12. The molecule has 2 aromatic carbocycles. The Morgan fingerprint density at radius 3 is 2.36 bits per heavy atom. The molecule has 5 heteroatoms. The molecule has 0 amide bonds. The highest BCUT2D eigenvalue weighted by molar-refractivity contribution is 5.64. The monoisotopic (exact) mass is 366 g/mol. The maximum Gasteiger partial charge on any atom is 0.139 e. The minimum Gasteiger partial charge on any atom is -0.457 e. The van der Waals surface area contributed by atoms with Gasteiger partial charge in [-0.2, -0.15) is 0 Å². The first-order valence-electron chi connectivity index (χ1n) is 9.06. The van der Waals surface area contributed by atoms with E-state index < -0.39 is 0 Å². The Morgan fingerprint density at radius 2 is 1.61 bits per heavy atom. The van der Waals surface area contributed by atoms with Gasteiger partial charge in [0.05, 0.1) is 5.69 Å². The van der Waals surface area contributed by atoms with Crippen molar-refractivity contribution in [2.24, 2.45) is 7.05 Å². The van der Waals surface area contributed by atoms with E-state index in [0.717, 1.165) is 39.8 Å². The van der Waals surface area contributed by atoms with Gasteiger partial charge in [0.25, 0.3) is 0 Å². The van der Waals surface area contributed by atoms with Crippen LogP contribution < -0.4 is 4.74 Å². The minimum absolute atomic E-state index is 0.770. The number of nitrogens with zero attached hydrogens (tertiary/aromatic N) is 4. The third-order valence-electron chi connectivity index (χ3n) is 4.64. The van der Waals surface area contributed by atoms with Crippen LogP contribution in [0.1, 0.15) is 0 Å². The molecule has 0 N–H and O–H groups in total. The van der Waals surface area contributed by atoms with Crippen molar-refractivity contribution >= 4 is 5.65 Å². The molecule has 28 heavy (non-hydrogen) atoms. The van der Waals surface area contributed by atoms with Gasteiger partial charge in [0, 0.05) is 43.0 Å². The topological polar surface area (TPSA) is 44.4 Å². The highest BCUT2D eigenvalue weighted by Crippen LogP contribution is 2.29. The normalized spacial score (nSPS) is 11.0. The van der Waals surface area contributed by atoms with Gasteiger partial charge in [0.15, 0.2) is 0 Å². The molecule has 5 aromatic rings. The molecule has 0 aliphatic carbocycles. The Kier molecular flexibility index (Phi) is 3.91. The third kappa shape index (κ3) is 3.03. The molecule has 0 saturated carbocycles. The number of aromatic nitrogens is 4. The second-order valence-electron chi connectivity index (χ2n) is 6.61. The Bertz CT molecular complexity index is 1240. The molecule has 0 fully saturated rings. The number of rotatable bonds is 4. The van der Waals surface area contributed by atoms with Crippen molar-refractivity contribution < 1.29 is 4.74 Å². The Balaban J connectivity index is 1.45. The number of fused-ring (bicyclic) bond motifs is 1. The Labute approximate surface area is 162 Å². The first kappa shape index (κ1) is 16.3. The zero-order valence-electron chi connectivity index (χ0n) is 15.4. The van der Waals surface area contributed by atoms with Crippen LogP contribution in [0.15, 0.2) is 91.5 Å². The van der Waals surface area contributed by atoms with Gasteiger partial charge in [-0.05, 0) is 36.4 Å². The predicted molar refractivity (Wildman–Crippen MR) is 109 cm³/mol. The molecule has 3 heterocycles. The molecule has 5 rings (SSSR count). The fraction of sp³-hybridized carbons (Fsp3) is 0.0435. The summed E-state index contributed by atoms with van der Waals surface area (Å²) in [6, 6.07) is 21.9. The van der Waals surface area contributed by atoms with Crippen LogP contribution in [-0.4, -0.2) is 18.9 Å². The fourth-order valence-electron chi connectivity index (χ4n) is 3.27. The molecular formula is C23H18N4O. The number of benzene rings is 2. The Morgan fingerprint density at radius 1 is 0.821 bits per heavy atom. The number of aryl methyl sites for hydroxylation is 1. The zero-order valence-corrected chi connectivity index (χ0v) is 15.4. The van der Waals surface area contributed by atoms with Crippen LogP contribution in [0.4, 0.5) is 0 Å². The van der Waals surface area contributed by atoms with E-state index in [1.807, 2.05) is 101 Å². The van der Waals surface area contributed by atoms with Gasteiger partial charge in [0.1, 0.15) is 23.0 Å². The number of imidazole rings is 2. The molecule has 5 nitrogen and oxygen atoms in total. The van der Waals surface area contributed by atoms with Gasteiger partial charge in [0.2, 0.25) is 0 Å². The number of hydrogen-bond donors (Lipinski definition) is 0. The average Bonchev–Trinajstić information content (AvgIpc) is 3.34. The van der Waals surface area contributed by atoms with Crippen LogP contribution in [0.2, 0.25) is 0 Å². The summed E-state index contributed by atoms with van der Waals surface area (Å²) in [4.78, 5) is 9.09. The van der Waals surface area contributed by atoms with Crippen molar-refractivity contribution in [1.29, 1.82) is 0 Å². The number of ether oxygens (including phenoxy) is 1. The van der Waals surface area contributed by atoms with Gasteiger partial charge in [-0.1, -0.05) is 30.3 Å². The average molecular weight is 366 g/mol. The van der Waals surface area contributed by atoms with Gasteiger partial charge < -0.3 is 13.7 Å². The highest BCUT2D eigenvalue weighted by Gasteiger charge is 2.08. The van der Waals surface area contributed by atoms with Crippen LogP contribution in [0, 0.1) is 0 Å². The van der Waals surface area contributed by atoms with Crippen LogP contribution in [0.25, 0.3) is 28.3 Å². The van der Waals surface area contributed by atoms with E-state index in [1.54, 1.807) is 6.20 Å². The summed E-state index contributed by atoms with van der Waals surface area (Å²) in [6.45, 7) is 0. The smallest absolute Gasteiger partial charge is 0.139 e. The molecule has 3 aromatic heterocycles. The quantitative estimate of drug-likeness (QED) is 0.439. The summed E-state index contributed by atoms with van der Waals surface area (Å²) in [5.74, 6) is 2.45. The number of pyridine rings is 1. The van der Waals surface area contributed by atoms with Crippen molar-refractivity contribution in [2.75, 3.05) is 0 Å². The summed E-state index contributed by atoms with van der Waals surface area (Å²) >= 11 is 0. The van der Waals surface area contributed by atoms with Crippen molar-refractivity contribution in [3.63, 3.8) is 0 Å². The SMILES string of the molecule is Cn1ccnc1-c1cccc(Oc2cccc(-c3cn4ccccc4n3)c2)c1. The lowest BCUT2D eigenvalue weighted by Gasteiger charge is -2.09. The molecule has 0 unspecified atom stereocenters. The third-order valence-corrected chi connectivity index (χ3v) is 4.64. The summed E-state index contributed by atoms with van der Waals surface area (Å²) in [7, 11) is 1.98. The molecule has 0 saturated heterocycles. The summed E-state index contributed by atoms with van der Waals surface area (Å²) in [6.07, 6.45) is 7.74. The largest absolute Gasteiger partial charge is 0.457 e. The van der Waals surface area contributed by atoms with Gasteiger partial charge in [-0.3, -0.25) is 0 Å². The van der Waals surface area contributed by atoms with Crippen molar-refractivity contribution in [3.05, 3.63) is 91.5 Å². The standard InChI is InChI=1S/C23H18N4O/c1-26-13-11-24-23(26)18-7-5-9-20(15-18)28-19-8-4-6-17(14-19)21-16-27-12-3-2-10-22(27)25-21/h2-16H,1H3. The fourth-order valence-corrected chi connectivity index (χ4v) is 3.27. The summed E-state index contributed by atoms with van der Waals surface area (Å²) in [5, 5.41) is 0. The van der Waals surface area contributed by atoms with E-state index in [4.69, 9.17) is 4.74 Å². The van der Waals surface area contributed by atoms with Gasteiger partial charge in [-0.15, -0.1) is 0 Å². The van der Waals surface area contributed by atoms with Gasteiger partial charge in [-0.25, -0.2) is 9.97 Å². The molecule has 0 aliphatic rings. The highest BCUT2D eigenvalue weighted by atomic mass is 16.5. The second-order valence-corrected chi connectivity index (χ2v) is 6.61. The first-order chi connectivity index (χ1) is 13.8. The molecule has 0 spiro atoms. The predicted octanol–water partition coefficient (Wildman–Crippen LogP) is 5.19. The molecule has 0 radical (unpaired) electrons. The molecule has 136 valence electrons. The van der Waals surface area contributed by atoms with Crippen LogP contribution in [0.5, 0.6) is 11.5 Å². The van der Waals surface area contributed by atoms with Crippen molar-refractivity contribution in [3.8, 4) is 34.1 Å². The van der Waals surface area contributed by atoms with E-state index in [0.29, 0.717) is 0 Å². The molecular weight excluding hydrogens is 348 g/mol. The minimum atomic E-state index is 0.770.